The molecule has 2 aromatic heterocycles. The molecule has 1 aliphatic carbocycles. The van der Waals surface area contributed by atoms with Crippen molar-refractivity contribution in [1.82, 2.24) is 4.98 Å². The lowest BCUT2D eigenvalue weighted by molar-refractivity contribution is 0.660. The standard InChI is InChI=1S/C23H17NS.C16H16.C2H6/c1-14-7-3-4-8-16(14)19-13-21-23(17-9-5-6-10-20(17)25-21)18-11-12-24-15(2)22(18)19;1-11-8-9-13-12-6-4-5-7-14(12)16(2,3)15(13)10-11;1-2/h3-13H,1-2H3;4-10H,1-3H3;1-2H3. The molecular formula is C41H39NS. The summed E-state index contributed by atoms with van der Waals surface area (Å²) in [6, 6.07) is 37.4. The molecule has 0 atom stereocenters. The minimum absolute atomic E-state index is 0.151. The van der Waals surface area contributed by atoms with Crippen molar-refractivity contribution in [3.8, 4) is 22.3 Å². The summed E-state index contributed by atoms with van der Waals surface area (Å²) in [5, 5.41) is 5.28. The van der Waals surface area contributed by atoms with Crippen LogP contribution in [-0.2, 0) is 5.41 Å². The number of hydrogen-bond acceptors (Lipinski definition) is 2. The maximum absolute atomic E-state index is 4.60. The normalized spacial score (nSPS) is 12.7. The molecular weight excluding hydrogens is 539 g/mol. The molecule has 1 aliphatic rings. The molecule has 43 heavy (non-hydrogen) atoms. The lowest BCUT2D eigenvalue weighted by Gasteiger charge is -2.21. The first kappa shape index (κ1) is 28.8. The van der Waals surface area contributed by atoms with E-state index in [2.05, 4.69) is 143 Å². The number of aromatic nitrogens is 1. The van der Waals surface area contributed by atoms with E-state index in [0.717, 1.165) is 5.69 Å². The van der Waals surface area contributed by atoms with Gasteiger partial charge < -0.3 is 0 Å². The lowest BCUT2D eigenvalue weighted by Crippen LogP contribution is -2.14. The Hall–Kier alpha value is -4.27. The molecule has 0 saturated carbocycles. The molecule has 0 unspecified atom stereocenters. The number of thiophene rings is 1. The summed E-state index contributed by atoms with van der Waals surface area (Å²) in [4.78, 5) is 4.60. The van der Waals surface area contributed by atoms with Gasteiger partial charge in [-0.15, -0.1) is 11.3 Å². The topological polar surface area (TPSA) is 12.9 Å². The van der Waals surface area contributed by atoms with E-state index in [9.17, 15) is 0 Å². The Morgan fingerprint density at radius 2 is 1.23 bits per heavy atom. The second-order valence-electron chi connectivity index (χ2n) is 11.7. The highest BCUT2D eigenvalue weighted by Gasteiger charge is 2.34. The fourth-order valence-electron chi connectivity index (χ4n) is 6.67. The molecule has 0 N–H and O–H groups in total. The molecule has 0 radical (unpaired) electrons. The van der Waals surface area contributed by atoms with Crippen molar-refractivity contribution in [1.29, 1.82) is 0 Å². The molecule has 2 heterocycles. The van der Waals surface area contributed by atoms with Gasteiger partial charge in [0.2, 0.25) is 0 Å². The maximum Gasteiger partial charge on any atom is 0.0457 e. The molecule has 0 amide bonds. The second-order valence-corrected chi connectivity index (χ2v) is 12.8. The largest absolute Gasteiger partial charge is 0.261 e. The number of hydrogen-bond donors (Lipinski definition) is 0. The fourth-order valence-corrected chi connectivity index (χ4v) is 7.83. The van der Waals surface area contributed by atoms with E-state index in [0.29, 0.717) is 0 Å². The van der Waals surface area contributed by atoms with Gasteiger partial charge in [0.1, 0.15) is 0 Å². The predicted molar refractivity (Wildman–Crippen MR) is 190 cm³/mol. The van der Waals surface area contributed by atoms with Crippen LogP contribution in [-0.4, -0.2) is 4.98 Å². The van der Waals surface area contributed by atoms with Gasteiger partial charge in [-0.1, -0.05) is 118 Å². The van der Waals surface area contributed by atoms with Gasteiger partial charge in [0.05, 0.1) is 0 Å². The average Bonchev–Trinajstić information content (AvgIpc) is 3.51. The molecule has 8 rings (SSSR count). The van der Waals surface area contributed by atoms with Gasteiger partial charge in [-0.2, -0.15) is 0 Å². The molecule has 0 saturated heterocycles. The summed E-state index contributed by atoms with van der Waals surface area (Å²) < 4.78 is 2.69. The van der Waals surface area contributed by atoms with E-state index in [1.54, 1.807) is 0 Å². The SMILES string of the molecule is CC.Cc1ccc2c(c1)C(C)(C)c1ccccc1-2.Cc1ccccc1-c1cc2sc3ccccc3c2c2ccnc(C)c12. The van der Waals surface area contributed by atoms with E-state index in [-0.39, 0.29) is 5.41 Å². The zero-order chi connectivity index (χ0) is 30.3. The Morgan fingerprint density at radius 1 is 0.558 bits per heavy atom. The van der Waals surface area contributed by atoms with Gasteiger partial charge in [-0.3, -0.25) is 4.98 Å². The van der Waals surface area contributed by atoms with Crippen LogP contribution in [0.3, 0.4) is 0 Å². The quantitative estimate of drug-likeness (QED) is 0.189. The zero-order valence-corrected chi connectivity index (χ0v) is 27.1. The first-order valence-electron chi connectivity index (χ1n) is 15.3. The van der Waals surface area contributed by atoms with Crippen LogP contribution in [0, 0.1) is 20.8 Å². The van der Waals surface area contributed by atoms with Crippen LogP contribution in [0.2, 0.25) is 0 Å². The summed E-state index contributed by atoms with van der Waals surface area (Å²) >= 11 is 1.88. The number of rotatable bonds is 1. The number of aryl methyl sites for hydroxylation is 3. The summed E-state index contributed by atoms with van der Waals surface area (Å²) in [5.41, 5.74) is 12.2. The van der Waals surface area contributed by atoms with E-state index >= 15 is 0 Å². The zero-order valence-electron chi connectivity index (χ0n) is 26.2. The van der Waals surface area contributed by atoms with Crippen molar-refractivity contribution in [2.24, 2.45) is 0 Å². The van der Waals surface area contributed by atoms with E-state index in [1.807, 2.05) is 31.4 Å². The van der Waals surface area contributed by atoms with Crippen LogP contribution >= 0.6 is 11.3 Å². The van der Waals surface area contributed by atoms with E-state index in [4.69, 9.17) is 0 Å². The highest BCUT2D eigenvalue weighted by atomic mass is 32.1. The summed E-state index contributed by atoms with van der Waals surface area (Å²) in [7, 11) is 0. The maximum atomic E-state index is 4.60. The smallest absolute Gasteiger partial charge is 0.0457 e. The Morgan fingerprint density at radius 3 is 2.02 bits per heavy atom. The molecule has 1 nitrogen and oxygen atoms in total. The molecule has 0 aliphatic heterocycles. The minimum Gasteiger partial charge on any atom is -0.261 e. The van der Waals surface area contributed by atoms with Gasteiger partial charge in [0.25, 0.3) is 0 Å². The monoisotopic (exact) mass is 577 g/mol. The first-order chi connectivity index (χ1) is 20.8. The highest BCUT2D eigenvalue weighted by molar-refractivity contribution is 7.26. The van der Waals surface area contributed by atoms with E-state index < -0.39 is 0 Å². The molecule has 7 aromatic rings. The fraction of sp³-hybridized carbons (Fsp3) is 0.195. The lowest BCUT2D eigenvalue weighted by atomic mass is 9.82. The van der Waals surface area contributed by atoms with Crippen LogP contribution in [0.5, 0.6) is 0 Å². The highest BCUT2D eigenvalue weighted by Crippen LogP contribution is 2.48. The predicted octanol–water partition coefficient (Wildman–Crippen LogP) is 12.2. The Bertz CT molecular complexity index is 2110. The van der Waals surface area contributed by atoms with Gasteiger partial charge in [0.15, 0.2) is 0 Å². The van der Waals surface area contributed by atoms with Crippen LogP contribution in [0.1, 0.15) is 55.6 Å². The minimum atomic E-state index is 0.151. The molecule has 2 heteroatoms. The third-order valence-electron chi connectivity index (χ3n) is 8.75. The van der Waals surface area contributed by atoms with Crippen molar-refractivity contribution in [2.75, 3.05) is 0 Å². The third kappa shape index (κ3) is 4.84. The van der Waals surface area contributed by atoms with Gasteiger partial charge in [-0.05, 0) is 83.3 Å². The molecule has 5 aromatic carbocycles. The van der Waals surface area contributed by atoms with Crippen LogP contribution in [0.15, 0.2) is 109 Å². The summed E-state index contributed by atoms with van der Waals surface area (Å²) in [5.74, 6) is 0. The van der Waals surface area contributed by atoms with Crippen molar-refractivity contribution in [2.45, 2.75) is 53.9 Å². The van der Waals surface area contributed by atoms with Gasteiger partial charge >= 0.3 is 0 Å². The van der Waals surface area contributed by atoms with Crippen molar-refractivity contribution >= 4 is 42.3 Å². The van der Waals surface area contributed by atoms with Crippen LogP contribution in [0.25, 0.3) is 53.2 Å². The summed E-state index contributed by atoms with van der Waals surface area (Å²) in [6.07, 6.45) is 1.94. The van der Waals surface area contributed by atoms with Crippen molar-refractivity contribution < 1.29 is 0 Å². The second kappa shape index (κ2) is 11.4. The van der Waals surface area contributed by atoms with Crippen molar-refractivity contribution in [3.05, 3.63) is 137 Å². The van der Waals surface area contributed by atoms with Gasteiger partial charge in [-0.25, -0.2) is 0 Å². The number of nitrogens with zero attached hydrogens (tertiary/aromatic N) is 1. The van der Waals surface area contributed by atoms with Crippen LogP contribution in [0.4, 0.5) is 0 Å². The number of pyridine rings is 1. The molecule has 0 spiro atoms. The molecule has 214 valence electrons. The summed E-state index contributed by atoms with van der Waals surface area (Å²) in [6.45, 7) is 15.1. The Labute approximate surface area is 259 Å². The van der Waals surface area contributed by atoms with E-state index in [1.165, 1.54) is 75.5 Å². The Kier molecular flexibility index (Phi) is 7.66. The van der Waals surface area contributed by atoms with Crippen molar-refractivity contribution in [3.63, 3.8) is 0 Å². The average molecular weight is 578 g/mol. The number of fused-ring (bicyclic) bond motifs is 8. The third-order valence-corrected chi connectivity index (χ3v) is 9.87. The number of benzene rings is 5. The van der Waals surface area contributed by atoms with Gasteiger partial charge in [0, 0.05) is 42.9 Å². The first-order valence-corrected chi connectivity index (χ1v) is 16.1. The Balaban J connectivity index is 0.000000158. The molecule has 0 bridgehead atoms. The van der Waals surface area contributed by atoms with Crippen LogP contribution < -0.4 is 0 Å². The molecule has 0 fully saturated rings.